The summed E-state index contributed by atoms with van der Waals surface area (Å²) in [5.41, 5.74) is 0.649. The first-order chi connectivity index (χ1) is 9.52. The van der Waals surface area contributed by atoms with E-state index in [-0.39, 0.29) is 4.91 Å². The van der Waals surface area contributed by atoms with Gasteiger partial charge in [-0.15, -0.1) is 0 Å². The molecule has 0 aromatic heterocycles. The second-order valence-electron chi connectivity index (χ2n) is 3.90. The number of amides is 2. The lowest BCUT2D eigenvalue weighted by Crippen LogP contribution is -2.33. The van der Waals surface area contributed by atoms with Crippen molar-refractivity contribution in [3.05, 3.63) is 34.7 Å². The second kappa shape index (κ2) is 5.79. The van der Waals surface area contributed by atoms with E-state index in [9.17, 15) is 14.4 Å². The van der Waals surface area contributed by atoms with Gasteiger partial charge in [0.1, 0.15) is 12.3 Å². The molecule has 7 heteroatoms. The summed E-state index contributed by atoms with van der Waals surface area (Å²) in [5.74, 6) is -1.27. The number of methoxy groups -OCH3 is 1. The molecule has 2 amide bonds. The number of para-hydroxylation sites is 1. The van der Waals surface area contributed by atoms with Crippen LogP contribution in [-0.4, -0.2) is 40.8 Å². The predicted octanol–water partition coefficient (Wildman–Crippen LogP) is 1.82. The topological polar surface area (TPSA) is 83.9 Å². The summed E-state index contributed by atoms with van der Waals surface area (Å²) in [7, 11) is 1.50. The minimum Gasteiger partial charge on any atom is -0.496 e. The number of thioether (sulfide) groups is 1. The minimum atomic E-state index is -1.23. The number of benzene rings is 1. The molecule has 0 radical (unpaired) electrons. The Bertz CT molecular complexity index is 611. The van der Waals surface area contributed by atoms with E-state index in [2.05, 4.69) is 0 Å². The van der Waals surface area contributed by atoms with Crippen molar-refractivity contribution < 1.29 is 24.2 Å². The van der Waals surface area contributed by atoms with Gasteiger partial charge in [0.2, 0.25) is 0 Å². The Morgan fingerprint density at radius 2 is 2.10 bits per heavy atom. The molecule has 1 aromatic rings. The van der Waals surface area contributed by atoms with Crippen LogP contribution in [0.5, 0.6) is 5.75 Å². The number of hydrogen-bond donors (Lipinski definition) is 1. The van der Waals surface area contributed by atoms with Gasteiger partial charge in [0.25, 0.3) is 11.1 Å². The number of carbonyl (C=O) groups is 3. The molecule has 1 heterocycles. The molecule has 2 rings (SSSR count). The van der Waals surface area contributed by atoms with Crippen molar-refractivity contribution in [2.45, 2.75) is 0 Å². The highest BCUT2D eigenvalue weighted by molar-refractivity contribution is 8.18. The molecule has 0 aliphatic carbocycles. The SMILES string of the molecule is COc1ccccc1/C=C1\SC(=O)N(CC(=O)O)C1=O. The van der Waals surface area contributed by atoms with Crippen LogP contribution >= 0.6 is 11.8 Å². The molecule has 1 fully saturated rings. The second-order valence-corrected chi connectivity index (χ2v) is 4.90. The average molecular weight is 293 g/mol. The molecule has 1 N–H and O–H groups in total. The molecule has 1 aromatic carbocycles. The van der Waals surface area contributed by atoms with E-state index in [1.807, 2.05) is 0 Å². The van der Waals surface area contributed by atoms with Gasteiger partial charge in [-0.25, -0.2) is 0 Å². The van der Waals surface area contributed by atoms with Crippen molar-refractivity contribution in [1.29, 1.82) is 0 Å². The maximum atomic E-state index is 12.0. The van der Waals surface area contributed by atoms with Crippen LogP contribution in [0.15, 0.2) is 29.2 Å². The van der Waals surface area contributed by atoms with E-state index < -0.39 is 23.7 Å². The largest absolute Gasteiger partial charge is 0.496 e. The molecule has 0 unspecified atom stereocenters. The van der Waals surface area contributed by atoms with Gasteiger partial charge in [0.15, 0.2) is 0 Å². The molecule has 1 saturated heterocycles. The van der Waals surface area contributed by atoms with Crippen molar-refractivity contribution in [2.24, 2.45) is 0 Å². The van der Waals surface area contributed by atoms with Gasteiger partial charge in [0.05, 0.1) is 12.0 Å². The van der Waals surface area contributed by atoms with Gasteiger partial charge >= 0.3 is 5.97 Å². The van der Waals surface area contributed by atoms with Crippen molar-refractivity contribution in [2.75, 3.05) is 13.7 Å². The number of nitrogens with zero attached hydrogens (tertiary/aromatic N) is 1. The zero-order valence-electron chi connectivity index (χ0n) is 10.5. The lowest BCUT2D eigenvalue weighted by molar-refractivity contribution is -0.140. The van der Waals surface area contributed by atoms with Crippen LogP contribution in [0.3, 0.4) is 0 Å². The quantitative estimate of drug-likeness (QED) is 0.852. The van der Waals surface area contributed by atoms with Crippen LogP contribution in [-0.2, 0) is 9.59 Å². The van der Waals surface area contributed by atoms with Gasteiger partial charge in [-0.05, 0) is 23.9 Å². The first kappa shape index (κ1) is 14.1. The number of carbonyl (C=O) groups excluding carboxylic acids is 2. The zero-order valence-corrected chi connectivity index (χ0v) is 11.3. The van der Waals surface area contributed by atoms with E-state index in [1.54, 1.807) is 24.3 Å². The van der Waals surface area contributed by atoms with Crippen molar-refractivity contribution in [1.82, 2.24) is 4.90 Å². The predicted molar refractivity (Wildman–Crippen MR) is 73.3 cm³/mol. The number of ether oxygens (including phenoxy) is 1. The van der Waals surface area contributed by atoms with Crippen molar-refractivity contribution in [3.8, 4) is 5.75 Å². The monoisotopic (exact) mass is 293 g/mol. The van der Waals surface area contributed by atoms with Gasteiger partial charge in [-0.1, -0.05) is 18.2 Å². The summed E-state index contributed by atoms with van der Waals surface area (Å²) in [6, 6.07) is 7.03. The third-order valence-electron chi connectivity index (χ3n) is 2.59. The van der Waals surface area contributed by atoms with Gasteiger partial charge in [-0.3, -0.25) is 19.3 Å². The summed E-state index contributed by atoms with van der Waals surface area (Å²) in [6.45, 7) is -0.631. The Labute approximate surface area is 119 Å². The van der Waals surface area contributed by atoms with E-state index in [0.29, 0.717) is 16.2 Å². The Morgan fingerprint density at radius 1 is 1.40 bits per heavy atom. The molecule has 1 aliphatic rings. The fourth-order valence-electron chi connectivity index (χ4n) is 1.70. The molecule has 1 aliphatic heterocycles. The van der Waals surface area contributed by atoms with Crippen LogP contribution in [0.2, 0.25) is 0 Å². The number of hydrogen-bond acceptors (Lipinski definition) is 5. The normalized spacial score (nSPS) is 16.9. The van der Waals surface area contributed by atoms with E-state index in [1.165, 1.54) is 13.2 Å². The summed E-state index contributed by atoms with van der Waals surface area (Å²) in [4.78, 5) is 35.1. The van der Waals surface area contributed by atoms with Crippen molar-refractivity contribution in [3.63, 3.8) is 0 Å². The fraction of sp³-hybridized carbons (Fsp3) is 0.154. The third kappa shape index (κ3) is 2.83. The molecule has 0 atom stereocenters. The zero-order chi connectivity index (χ0) is 14.7. The average Bonchev–Trinajstić information content (AvgIpc) is 2.67. The highest BCUT2D eigenvalue weighted by Gasteiger charge is 2.36. The first-order valence-corrected chi connectivity index (χ1v) is 6.44. The maximum absolute atomic E-state index is 12.0. The van der Waals surface area contributed by atoms with Gasteiger partial charge < -0.3 is 9.84 Å². The smallest absolute Gasteiger partial charge is 0.323 e. The van der Waals surface area contributed by atoms with Crippen LogP contribution < -0.4 is 4.74 Å². The summed E-state index contributed by atoms with van der Waals surface area (Å²) in [5, 5.41) is 8.09. The summed E-state index contributed by atoms with van der Waals surface area (Å²) in [6.07, 6.45) is 1.52. The molecule has 20 heavy (non-hydrogen) atoms. The van der Waals surface area contributed by atoms with E-state index >= 15 is 0 Å². The number of carboxylic acid groups (broad SMARTS) is 1. The third-order valence-corrected chi connectivity index (χ3v) is 3.50. The van der Waals surface area contributed by atoms with Crippen LogP contribution in [0.25, 0.3) is 6.08 Å². The van der Waals surface area contributed by atoms with Crippen LogP contribution in [0.1, 0.15) is 5.56 Å². The van der Waals surface area contributed by atoms with Crippen LogP contribution in [0, 0.1) is 0 Å². The number of imide groups is 1. The van der Waals surface area contributed by atoms with Crippen molar-refractivity contribution >= 4 is 35.0 Å². The van der Waals surface area contributed by atoms with Crippen LogP contribution in [0.4, 0.5) is 4.79 Å². The molecule has 0 bridgehead atoms. The highest BCUT2D eigenvalue weighted by Crippen LogP contribution is 2.33. The van der Waals surface area contributed by atoms with E-state index in [4.69, 9.17) is 9.84 Å². The summed E-state index contributed by atoms with van der Waals surface area (Å²) < 4.78 is 5.15. The number of carboxylic acids is 1. The Hall–Kier alpha value is -2.28. The standard InChI is InChI=1S/C13H11NO5S/c1-19-9-5-3-2-4-8(9)6-10-12(17)14(7-11(15)16)13(18)20-10/h2-6H,7H2,1H3,(H,15,16)/b10-6-. The lowest BCUT2D eigenvalue weighted by Gasteiger charge is -2.08. The molecule has 6 nitrogen and oxygen atoms in total. The summed E-state index contributed by atoms with van der Waals surface area (Å²) >= 11 is 0.717. The lowest BCUT2D eigenvalue weighted by atomic mass is 10.2. The molecular weight excluding hydrogens is 282 g/mol. The maximum Gasteiger partial charge on any atom is 0.323 e. The first-order valence-electron chi connectivity index (χ1n) is 5.63. The molecule has 0 spiro atoms. The molecular formula is C13H11NO5S. The van der Waals surface area contributed by atoms with Gasteiger partial charge in [0, 0.05) is 5.56 Å². The van der Waals surface area contributed by atoms with E-state index in [0.717, 1.165) is 11.8 Å². The molecule has 0 saturated carbocycles. The minimum absolute atomic E-state index is 0.181. The molecule has 104 valence electrons. The highest BCUT2D eigenvalue weighted by atomic mass is 32.2. The number of aliphatic carboxylic acids is 1. The Balaban J connectivity index is 2.30. The Kier molecular flexibility index (Phi) is 4.09. The van der Waals surface area contributed by atoms with Gasteiger partial charge in [-0.2, -0.15) is 0 Å². The fourth-order valence-corrected chi connectivity index (χ4v) is 2.53. The number of rotatable bonds is 4. The Morgan fingerprint density at radius 3 is 2.75 bits per heavy atom.